The van der Waals surface area contributed by atoms with Crippen LogP contribution in [0.5, 0.6) is 0 Å². The minimum atomic E-state index is -4.71. The van der Waals surface area contributed by atoms with E-state index in [1.165, 1.54) is 23.1 Å². The molecule has 0 aromatic heterocycles. The van der Waals surface area contributed by atoms with Crippen LogP contribution in [0.15, 0.2) is 42.5 Å². The van der Waals surface area contributed by atoms with Crippen molar-refractivity contribution in [2.75, 3.05) is 13.1 Å². The van der Waals surface area contributed by atoms with Gasteiger partial charge in [0.05, 0.1) is 10.6 Å². The zero-order valence-electron chi connectivity index (χ0n) is 18.9. The minimum absolute atomic E-state index is 0.180. The van der Waals surface area contributed by atoms with Crippen LogP contribution < -0.4 is 5.32 Å². The highest BCUT2D eigenvalue weighted by Crippen LogP contribution is 2.35. The molecule has 1 heterocycles. The van der Waals surface area contributed by atoms with Crippen molar-refractivity contribution in [3.8, 4) is 0 Å². The fourth-order valence-electron chi connectivity index (χ4n) is 3.80. The van der Waals surface area contributed by atoms with Crippen LogP contribution in [0.4, 0.5) is 22.4 Å². The van der Waals surface area contributed by atoms with Gasteiger partial charge in [0.2, 0.25) is 0 Å². The van der Waals surface area contributed by atoms with E-state index in [9.17, 15) is 27.2 Å². The largest absolute Gasteiger partial charge is 0.444 e. The summed E-state index contributed by atoms with van der Waals surface area (Å²) in [5, 5.41) is 2.28. The molecule has 10 heteroatoms. The number of amides is 2. The Morgan fingerprint density at radius 2 is 1.74 bits per heavy atom. The van der Waals surface area contributed by atoms with Crippen LogP contribution in [-0.2, 0) is 10.9 Å². The molecule has 1 saturated heterocycles. The van der Waals surface area contributed by atoms with Crippen LogP contribution in [0.3, 0.4) is 0 Å². The molecule has 0 radical (unpaired) electrons. The Hall–Kier alpha value is -2.81. The summed E-state index contributed by atoms with van der Waals surface area (Å²) in [6.07, 6.45) is -4.90. The number of halogens is 5. The SMILES string of the molecule is CC(C)(C)OC(=O)N1CCC(NC(=O)c2ccc(Cl)c(C(F)(F)F)c2)C(c2ccc(F)cc2)C1. The second-order valence-corrected chi connectivity index (χ2v) is 9.55. The Morgan fingerprint density at radius 1 is 1.09 bits per heavy atom. The Balaban J connectivity index is 1.84. The number of ether oxygens (including phenoxy) is 1. The number of benzene rings is 2. The third-order valence-corrected chi connectivity index (χ3v) is 5.74. The highest BCUT2D eigenvalue weighted by Gasteiger charge is 2.37. The van der Waals surface area contributed by atoms with E-state index < -0.39 is 52.1 Å². The van der Waals surface area contributed by atoms with Crippen LogP contribution in [0.25, 0.3) is 0 Å². The Morgan fingerprint density at radius 3 is 2.32 bits per heavy atom. The standard InChI is InChI=1S/C24H25ClF4N2O3/c1-23(2,3)34-22(33)31-11-10-20(17(13-31)14-4-7-16(26)8-5-14)30-21(32)15-6-9-19(25)18(12-15)24(27,28)29/h4-9,12,17,20H,10-11,13H2,1-3H3,(H,30,32). The first-order valence-corrected chi connectivity index (χ1v) is 11.0. The van der Waals surface area contributed by atoms with Gasteiger partial charge in [-0.05, 0) is 63.1 Å². The molecule has 3 rings (SSSR count). The van der Waals surface area contributed by atoms with E-state index >= 15 is 0 Å². The molecule has 2 unspecified atom stereocenters. The van der Waals surface area contributed by atoms with Crippen molar-refractivity contribution in [3.63, 3.8) is 0 Å². The Kier molecular flexibility index (Phi) is 7.45. The number of carbonyl (C=O) groups excluding carboxylic acids is 2. The van der Waals surface area contributed by atoms with Gasteiger partial charge in [-0.3, -0.25) is 4.79 Å². The van der Waals surface area contributed by atoms with Crippen molar-refractivity contribution < 1.29 is 31.9 Å². The fourth-order valence-corrected chi connectivity index (χ4v) is 4.02. The molecule has 1 aliphatic heterocycles. The zero-order chi connectivity index (χ0) is 25.3. The Labute approximate surface area is 200 Å². The lowest BCUT2D eigenvalue weighted by Crippen LogP contribution is -2.52. The molecular formula is C24H25ClF4N2O3. The van der Waals surface area contributed by atoms with Crippen molar-refractivity contribution in [2.24, 2.45) is 0 Å². The number of likely N-dealkylation sites (tertiary alicyclic amines) is 1. The molecule has 0 saturated carbocycles. The topological polar surface area (TPSA) is 58.6 Å². The molecule has 1 fully saturated rings. The predicted octanol–water partition coefficient (Wildman–Crippen LogP) is 6.02. The average Bonchev–Trinajstić information content (AvgIpc) is 2.73. The molecule has 1 aliphatic rings. The smallest absolute Gasteiger partial charge is 0.417 e. The number of alkyl halides is 3. The van der Waals surface area contributed by atoms with Gasteiger partial charge >= 0.3 is 12.3 Å². The van der Waals surface area contributed by atoms with Crippen molar-refractivity contribution >= 4 is 23.6 Å². The maximum absolute atomic E-state index is 13.5. The average molecular weight is 501 g/mol. The van der Waals surface area contributed by atoms with E-state index in [-0.39, 0.29) is 18.7 Å². The molecular weight excluding hydrogens is 476 g/mol. The van der Waals surface area contributed by atoms with Crippen LogP contribution in [0.1, 0.15) is 54.6 Å². The first kappa shape index (κ1) is 25.8. The molecule has 184 valence electrons. The van der Waals surface area contributed by atoms with Crippen LogP contribution in [0.2, 0.25) is 5.02 Å². The molecule has 2 aromatic carbocycles. The molecule has 0 aliphatic carbocycles. The summed E-state index contributed by atoms with van der Waals surface area (Å²) in [4.78, 5) is 27.0. The van der Waals surface area contributed by atoms with Gasteiger partial charge in [0.25, 0.3) is 5.91 Å². The van der Waals surface area contributed by atoms with E-state index in [0.29, 0.717) is 18.1 Å². The summed E-state index contributed by atoms with van der Waals surface area (Å²) in [6.45, 7) is 5.69. The lowest BCUT2D eigenvalue weighted by Gasteiger charge is -2.39. The number of carbonyl (C=O) groups is 2. The second-order valence-electron chi connectivity index (χ2n) is 9.15. The first-order valence-electron chi connectivity index (χ1n) is 10.7. The van der Waals surface area contributed by atoms with Gasteiger partial charge in [-0.2, -0.15) is 13.2 Å². The van der Waals surface area contributed by atoms with Crippen LogP contribution in [0, 0.1) is 5.82 Å². The number of nitrogens with one attached hydrogen (secondary N) is 1. The maximum atomic E-state index is 13.5. The quantitative estimate of drug-likeness (QED) is 0.524. The van der Waals surface area contributed by atoms with Gasteiger partial charge in [-0.25, -0.2) is 9.18 Å². The van der Waals surface area contributed by atoms with Gasteiger partial charge in [0.15, 0.2) is 0 Å². The minimum Gasteiger partial charge on any atom is -0.444 e. The molecule has 0 spiro atoms. The van der Waals surface area contributed by atoms with Crippen molar-refractivity contribution in [1.82, 2.24) is 10.2 Å². The molecule has 5 nitrogen and oxygen atoms in total. The third-order valence-electron chi connectivity index (χ3n) is 5.41. The van der Waals surface area contributed by atoms with E-state index in [1.54, 1.807) is 32.9 Å². The number of piperidine rings is 1. The molecule has 2 atom stereocenters. The fraction of sp³-hybridized carbons (Fsp3) is 0.417. The summed E-state index contributed by atoms with van der Waals surface area (Å²) in [7, 11) is 0. The lowest BCUT2D eigenvalue weighted by atomic mass is 9.85. The van der Waals surface area contributed by atoms with Crippen LogP contribution >= 0.6 is 11.6 Å². The van der Waals surface area contributed by atoms with E-state index in [1.807, 2.05) is 0 Å². The van der Waals surface area contributed by atoms with Gasteiger partial charge in [0.1, 0.15) is 11.4 Å². The van der Waals surface area contributed by atoms with Crippen LogP contribution in [-0.4, -0.2) is 41.6 Å². The van der Waals surface area contributed by atoms with E-state index in [0.717, 1.165) is 6.07 Å². The molecule has 0 bridgehead atoms. The van der Waals surface area contributed by atoms with Crippen molar-refractivity contribution in [2.45, 2.75) is 50.9 Å². The molecule has 2 aromatic rings. The summed E-state index contributed by atoms with van der Waals surface area (Å²) in [5.41, 5.74) is -1.31. The number of hydrogen-bond donors (Lipinski definition) is 1. The van der Waals surface area contributed by atoms with Gasteiger partial charge < -0.3 is 15.0 Å². The summed E-state index contributed by atoms with van der Waals surface area (Å²) in [6, 6.07) is 8.11. The third kappa shape index (κ3) is 6.40. The summed E-state index contributed by atoms with van der Waals surface area (Å²) in [5.74, 6) is -1.57. The van der Waals surface area contributed by atoms with Gasteiger partial charge in [-0.1, -0.05) is 23.7 Å². The lowest BCUT2D eigenvalue weighted by molar-refractivity contribution is -0.137. The molecule has 34 heavy (non-hydrogen) atoms. The monoisotopic (exact) mass is 500 g/mol. The number of nitrogens with zero attached hydrogens (tertiary/aromatic N) is 1. The van der Waals surface area contributed by atoms with Crippen molar-refractivity contribution in [1.29, 1.82) is 0 Å². The van der Waals surface area contributed by atoms with Crippen molar-refractivity contribution in [3.05, 3.63) is 70.0 Å². The normalized spacial score (nSPS) is 19.0. The van der Waals surface area contributed by atoms with Gasteiger partial charge in [-0.15, -0.1) is 0 Å². The molecule has 2 amide bonds. The highest BCUT2D eigenvalue weighted by atomic mass is 35.5. The number of rotatable bonds is 3. The highest BCUT2D eigenvalue weighted by molar-refractivity contribution is 6.31. The second kappa shape index (κ2) is 9.82. The first-order chi connectivity index (χ1) is 15.7. The van der Waals surface area contributed by atoms with E-state index in [4.69, 9.17) is 16.3 Å². The van der Waals surface area contributed by atoms with E-state index in [2.05, 4.69) is 5.32 Å². The zero-order valence-corrected chi connectivity index (χ0v) is 19.6. The number of hydrogen-bond acceptors (Lipinski definition) is 3. The summed E-state index contributed by atoms with van der Waals surface area (Å²) < 4.78 is 58.5. The maximum Gasteiger partial charge on any atom is 0.417 e. The predicted molar refractivity (Wildman–Crippen MR) is 119 cm³/mol. The molecule has 1 N–H and O–H groups in total. The Bertz CT molecular complexity index is 1050. The summed E-state index contributed by atoms with van der Waals surface area (Å²) >= 11 is 5.65. The van der Waals surface area contributed by atoms with Gasteiger partial charge in [0, 0.05) is 30.6 Å².